The van der Waals surface area contributed by atoms with Gasteiger partial charge in [-0.3, -0.25) is 4.79 Å². The molecule has 2 N–H and O–H groups in total. The lowest BCUT2D eigenvalue weighted by atomic mass is 10.1. The van der Waals surface area contributed by atoms with Crippen molar-refractivity contribution in [3.8, 4) is 0 Å². The summed E-state index contributed by atoms with van der Waals surface area (Å²) in [6, 6.07) is 3.67. The van der Waals surface area contributed by atoms with Gasteiger partial charge in [-0.1, -0.05) is 23.2 Å². The van der Waals surface area contributed by atoms with Crippen molar-refractivity contribution in [2.45, 2.75) is 0 Å². The fourth-order valence-corrected chi connectivity index (χ4v) is 2.50. The predicted molar refractivity (Wildman–Crippen MR) is 77.7 cm³/mol. The van der Waals surface area contributed by atoms with E-state index in [2.05, 4.69) is 4.90 Å². The zero-order valence-corrected chi connectivity index (χ0v) is 11.7. The fraction of sp³-hybridized carbons (Fsp3) is 0.308. The van der Waals surface area contributed by atoms with Gasteiger partial charge in [0.2, 0.25) is 5.91 Å². The van der Waals surface area contributed by atoms with Crippen LogP contribution in [0.25, 0.3) is 6.08 Å². The van der Waals surface area contributed by atoms with Crippen LogP contribution in [0, 0.1) is 0 Å². The second-order valence-electron chi connectivity index (χ2n) is 4.16. The number of nitrogens with zero attached hydrogens (tertiary/aromatic N) is 1. The monoisotopic (exact) mass is 300 g/mol. The van der Waals surface area contributed by atoms with Crippen molar-refractivity contribution in [3.63, 3.8) is 0 Å². The van der Waals surface area contributed by atoms with Crippen LogP contribution in [0.2, 0.25) is 10.0 Å². The first-order valence-corrected chi connectivity index (χ1v) is 6.63. The van der Waals surface area contributed by atoms with Crippen LogP contribution in [-0.4, -0.2) is 32.2 Å². The summed E-state index contributed by atoms with van der Waals surface area (Å²) in [5.74, 6) is -0.538. The fourth-order valence-electron chi connectivity index (χ4n) is 1.90. The van der Waals surface area contributed by atoms with Crippen LogP contribution < -0.4 is 10.6 Å². The molecular formula is C13H14Cl2N2O2. The lowest BCUT2D eigenvalue weighted by molar-refractivity contribution is -0.113. The van der Waals surface area contributed by atoms with Gasteiger partial charge in [0.1, 0.15) is 0 Å². The average Bonchev–Trinajstić information content (AvgIpc) is 2.38. The summed E-state index contributed by atoms with van der Waals surface area (Å²) in [5, 5.41) is 0.984. The maximum atomic E-state index is 10.7. The summed E-state index contributed by atoms with van der Waals surface area (Å²) in [5.41, 5.74) is 6.60. The number of amides is 1. The van der Waals surface area contributed by atoms with Gasteiger partial charge in [-0.2, -0.15) is 0 Å². The Balaban J connectivity index is 2.27. The highest BCUT2D eigenvalue weighted by Crippen LogP contribution is 2.32. The third kappa shape index (κ3) is 3.62. The minimum Gasteiger partial charge on any atom is -0.378 e. The summed E-state index contributed by atoms with van der Waals surface area (Å²) in [6.45, 7) is 3.00. The highest BCUT2D eigenvalue weighted by molar-refractivity contribution is 6.37. The van der Waals surface area contributed by atoms with Gasteiger partial charge in [0.05, 0.1) is 23.3 Å². The molecule has 0 spiro atoms. The Kier molecular flexibility index (Phi) is 4.69. The Labute approximate surface area is 121 Å². The van der Waals surface area contributed by atoms with Crippen LogP contribution in [0.15, 0.2) is 18.2 Å². The van der Waals surface area contributed by atoms with Crippen molar-refractivity contribution < 1.29 is 9.53 Å². The topological polar surface area (TPSA) is 55.6 Å². The van der Waals surface area contributed by atoms with Gasteiger partial charge in [-0.15, -0.1) is 0 Å². The molecule has 1 aromatic carbocycles. The standard InChI is InChI=1S/C13H14Cl2N2O2/c14-11-7-9(17-3-5-19-6-4-17)8-12(15)10(11)1-2-13(16)18/h1-2,7-8H,3-6H2,(H2,16,18)/b2-1+. The zero-order chi connectivity index (χ0) is 13.8. The summed E-state index contributed by atoms with van der Waals surface area (Å²) in [4.78, 5) is 12.9. The normalized spacial score (nSPS) is 16.0. The Bertz CT molecular complexity index is 488. The lowest BCUT2D eigenvalue weighted by Crippen LogP contribution is -2.36. The van der Waals surface area contributed by atoms with Crippen molar-refractivity contribution in [2.75, 3.05) is 31.2 Å². The number of halogens is 2. The number of carbonyl (C=O) groups is 1. The summed E-state index contributed by atoms with van der Waals surface area (Å²) in [7, 11) is 0. The minimum atomic E-state index is -0.538. The van der Waals surface area contributed by atoms with Gasteiger partial charge in [-0.25, -0.2) is 0 Å². The molecule has 1 saturated heterocycles. The van der Waals surface area contributed by atoms with Gasteiger partial charge >= 0.3 is 0 Å². The van der Waals surface area contributed by atoms with E-state index in [0.717, 1.165) is 18.8 Å². The zero-order valence-electron chi connectivity index (χ0n) is 10.2. The number of ether oxygens (including phenoxy) is 1. The Morgan fingerprint density at radius 2 is 1.84 bits per heavy atom. The van der Waals surface area contributed by atoms with Gasteiger partial charge in [0, 0.05) is 30.4 Å². The van der Waals surface area contributed by atoms with Crippen LogP contribution >= 0.6 is 23.2 Å². The Morgan fingerprint density at radius 3 is 2.37 bits per heavy atom. The van der Waals surface area contributed by atoms with Crippen LogP contribution in [0.3, 0.4) is 0 Å². The van der Waals surface area contributed by atoms with Crippen molar-refractivity contribution >= 4 is 40.9 Å². The second-order valence-corrected chi connectivity index (χ2v) is 4.97. The maximum Gasteiger partial charge on any atom is 0.241 e. The molecule has 1 fully saturated rings. The van der Waals surface area contributed by atoms with E-state index < -0.39 is 5.91 Å². The molecule has 0 aromatic heterocycles. The van der Waals surface area contributed by atoms with E-state index >= 15 is 0 Å². The number of hydrogen-bond donors (Lipinski definition) is 1. The quantitative estimate of drug-likeness (QED) is 0.872. The van der Waals surface area contributed by atoms with Crippen molar-refractivity contribution in [1.29, 1.82) is 0 Å². The van der Waals surface area contributed by atoms with Crippen LogP contribution in [0.1, 0.15) is 5.56 Å². The molecule has 0 aliphatic carbocycles. The highest BCUT2D eigenvalue weighted by atomic mass is 35.5. The number of nitrogens with two attached hydrogens (primary N) is 1. The number of carbonyl (C=O) groups excluding carboxylic acids is 1. The lowest BCUT2D eigenvalue weighted by Gasteiger charge is -2.29. The summed E-state index contributed by atoms with van der Waals surface area (Å²) < 4.78 is 5.30. The number of primary amides is 1. The minimum absolute atomic E-state index is 0.492. The van der Waals surface area contributed by atoms with Gasteiger partial charge in [-0.05, 0) is 18.2 Å². The maximum absolute atomic E-state index is 10.7. The molecule has 1 aromatic rings. The molecule has 19 heavy (non-hydrogen) atoms. The van der Waals surface area contributed by atoms with Crippen LogP contribution in [0.4, 0.5) is 5.69 Å². The smallest absolute Gasteiger partial charge is 0.241 e. The van der Waals surface area contributed by atoms with Crippen molar-refractivity contribution in [3.05, 3.63) is 33.8 Å². The van der Waals surface area contributed by atoms with E-state index in [9.17, 15) is 4.79 Å². The van der Waals surface area contributed by atoms with Crippen LogP contribution in [0.5, 0.6) is 0 Å². The number of rotatable bonds is 3. The van der Waals surface area contributed by atoms with Gasteiger partial charge < -0.3 is 15.4 Å². The summed E-state index contributed by atoms with van der Waals surface area (Å²) >= 11 is 12.4. The Morgan fingerprint density at radius 1 is 1.26 bits per heavy atom. The van der Waals surface area contributed by atoms with Crippen LogP contribution in [-0.2, 0) is 9.53 Å². The van der Waals surface area contributed by atoms with E-state index in [1.54, 1.807) is 0 Å². The number of hydrogen-bond acceptors (Lipinski definition) is 3. The molecular weight excluding hydrogens is 287 g/mol. The molecule has 0 atom stereocenters. The van der Waals surface area contributed by atoms with Crippen molar-refractivity contribution in [1.82, 2.24) is 0 Å². The molecule has 0 radical (unpaired) electrons. The Hall–Kier alpha value is -1.23. The third-order valence-electron chi connectivity index (χ3n) is 2.85. The average molecular weight is 301 g/mol. The molecule has 6 heteroatoms. The van der Waals surface area contributed by atoms with E-state index in [1.807, 2.05) is 12.1 Å². The number of morpholine rings is 1. The molecule has 1 aliphatic heterocycles. The third-order valence-corrected chi connectivity index (χ3v) is 3.48. The highest BCUT2D eigenvalue weighted by Gasteiger charge is 2.14. The molecule has 0 saturated carbocycles. The molecule has 102 valence electrons. The molecule has 2 rings (SSSR count). The molecule has 0 unspecified atom stereocenters. The van der Waals surface area contributed by atoms with E-state index in [0.29, 0.717) is 28.8 Å². The molecule has 1 heterocycles. The first-order chi connectivity index (χ1) is 9.08. The SMILES string of the molecule is NC(=O)/C=C/c1c(Cl)cc(N2CCOCC2)cc1Cl. The molecule has 1 amide bonds. The van der Waals surface area contributed by atoms with E-state index in [4.69, 9.17) is 33.7 Å². The predicted octanol–water partition coefficient (Wildman–Crippen LogP) is 2.33. The van der Waals surface area contributed by atoms with Crippen molar-refractivity contribution in [2.24, 2.45) is 5.73 Å². The van der Waals surface area contributed by atoms with E-state index in [-0.39, 0.29) is 0 Å². The molecule has 1 aliphatic rings. The first kappa shape index (κ1) is 14.2. The van der Waals surface area contributed by atoms with E-state index in [1.165, 1.54) is 12.2 Å². The summed E-state index contributed by atoms with van der Waals surface area (Å²) in [6.07, 6.45) is 2.76. The first-order valence-electron chi connectivity index (χ1n) is 5.87. The largest absolute Gasteiger partial charge is 0.378 e. The molecule has 0 bridgehead atoms. The number of anilines is 1. The second kappa shape index (κ2) is 6.28. The molecule has 4 nitrogen and oxygen atoms in total. The van der Waals surface area contributed by atoms with Gasteiger partial charge in [0.15, 0.2) is 0 Å². The van der Waals surface area contributed by atoms with Gasteiger partial charge in [0.25, 0.3) is 0 Å². The number of benzene rings is 1.